The zero-order valence-electron chi connectivity index (χ0n) is 9.08. The van der Waals surface area contributed by atoms with E-state index in [1.165, 1.54) is 6.33 Å². The highest BCUT2D eigenvalue weighted by molar-refractivity contribution is 5.28. The maximum Gasteiger partial charge on any atom is 0.137 e. The Morgan fingerprint density at radius 3 is 2.69 bits per heavy atom. The summed E-state index contributed by atoms with van der Waals surface area (Å²) in [5, 5.41) is 4.02. The summed E-state index contributed by atoms with van der Waals surface area (Å²) in [4.78, 5) is 3.87. The van der Waals surface area contributed by atoms with Gasteiger partial charge < -0.3 is 10.5 Å². The first-order valence-corrected chi connectivity index (χ1v) is 5.01. The molecule has 0 saturated heterocycles. The lowest BCUT2D eigenvalue weighted by Crippen LogP contribution is -2.17. The van der Waals surface area contributed by atoms with E-state index >= 15 is 0 Å². The second-order valence-corrected chi connectivity index (χ2v) is 3.50. The minimum absolute atomic E-state index is 0.0902. The Hall–Kier alpha value is -1.88. The van der Waals surface area contributed by atoms with Crippen molar-refractivity contribution in [1.82, 2.24) is 14.8 Å². The molecule has 1 unspecified atom stereocenters. The number of ether oxygens (including phenoxy) is 1. The summed E-state index contributed by atoms with van der Waals surface area (Å²) in [5.74, 6) is 0.830. The molecule has 0 aliphatic heterocycles. The van der Waals surface area contributed by atoms with Crippen LogP contribution in [0.5, 0.6) is 5.75 Å². The fourth-order valence-electron chi connectivity index (χ4n) is 1.49. The summed E-state index contributed by atoms with van der Waals surface area (Å²) >= 11 is 0. The molecule has 0 bridgehead atoms. The first-order valence-electron chi connectivity index (χ1n) is 5.01. The van der Waals surface area contributed by atoms with E-state index in [1.807, 2.05) is 24.3 Å². The Morgan fingerprint density at radius 2 is 2.12 bits per heavy atom. The van der Waals surface area contributed by atoms with Crippen LogP contribution in [0.25, 0.3) is 0 Å². The molecule has 0 aliphatic rings. The van der Waals surface area contributed by atoms with Crippen molar-refractivity contribution in [3.8, 4) is 5.75 Å². The number of hydrogen-bond acceptors (Lipinski definition) is 4. The molecule has 5 heteroatoms. The molecule has 5 nitrogen and oxygen atoms in total. The molecule has 2 N–H and O–H groups in total. The van der Waals surface area contributed by atoms with Gasteiger partial charge in [0.2, 0.25) is 0 Å². The molecule has 0 amide bonds. The smallest absolute Gasteiger partial charge is 0.137 e. The van der Waals surface area contributed by atoms with Gasteiger partial charge in [0.1, 0.15) is 18.4 Å². The molecular formula is C11H14N4O. The van der Waals surface area contributed by atoms with Gasteiger partial charge in [-0.05, 0) is 17.7 Å². The van der Waals surface area contributed by atoms with E-state index in [4.69, 9.17) is 10.5 Å². The number of aromatic nitrogens is 3. The van der Waals surface area contributed by atoms with Crippen LogP contribution in [0.2, 0.25) is 0 Å². The Balaban J connectivity index is 2.05. The highest BCUT2D eigenvalue weighted by atomic mass is 16.5. The van der Waals surface area contributed by atoms with Crippen molar-refractivity contribution >= 4 is 0 Å². The van der Waals surface area contributed by atoms with Crippen LogP contribution in [0.15, 0.2) is 36.9 Å². The Bertz CT molecular complexity index is 424. The van der Waals surface area contributed by atoms with E-state index < -0.39 is 0 Å². The minimum atomic E-state index is -0.0902. The van der Waals surface area contributed by atoms with E-state index in [0.717, 1.165) is 11.3 Å². The summed E-state index contributed by atoms with van der Waals surface area (Å²) in [6, 6.07) is 7.63. The van der Waals surface area contributed by atoms with E-state index in [2.05, 4.69) is 10.1 Å². The van der Waals surface area contributed by atoms with Crippen LogP contribution >= 0.6 is 0 Å². The van der Waals surface area contributed by atoms with Gasteiger partial charge in [-0.1, -0.05) is 12.1 Å². The number of rotatable bonds is 4. The van der Waals surface area contributed by atoms with Gasteiger partial charge in [0, 0.05) is 6.04 Å². The summed E-state index contributed by atoms with van der Waals surface area (Å²) in [6.45, 7) is 0.617. The maximum absolute atomic E-state index is 6.05. The van der Waals surface area contributed by atoms with Crippen LogP contribution in [0, 0.1) is 0 Å². The van der Waals surface area contributed by atoms with Gasteiger partial charge in [0.05, 0.1) is 13.7 Å². The standard InChI is InChI=1S/C11H14N4O/c1-16-10-4-2-9(3-5-10)11(12)6-15-8-13-7-14-15/h2-5,7-8,11H,6,12H2,1H3. The molecule has 0 aliphatic carbocycles. The predicted octanol–water partition coefficient (Wildman–Crippen LogP) is 0.987. The third kappa shape index (κ3) is 2.38. The topological polar surface area (TPSA) is 66.0 Å². The van der Waals surface area contributed by atoms with Crippen molar-refractivity contribution in [1.29, 1.82) is 0 Å². The minimum Gasteiger partial charge on any atom is -0.497 e. The average Bonchev–Trinajstić information content (AvgIpc) is 2.82. The first kappa shape index (κ1) is 10.6. The van der Waals surface area contributed by atoms with Crippen molar-refractivity contribution in [3.05, 3.63) is 42.5 Å². The van der Waals surface area contributed by atoms with Crippen LogP contribution < -0.4 is 10.5 Å². The molecule has 1 aromatic heterocycles. The summed E-state index contributed by atoms with van der Waals surface area (Å²) in [5.41, 5.74) is 7.10. The van der Waals surface area contributed by atoms with Gasteiger partial charge in [-0.2, -0.15) is 5.10 Å². The Labute approximate surface area is 93.9 Å². The van der Waals surface area contributed by atoms with Crippen molar-refractivity contribution in [2.45, 2.75) is 12.6 Å². The number of nitrogens with two attached hydrogens (primary N) is 1. The molecule has 84 valence electrons. The van der Waals surface area contributed by atoms with Gasteiger partial charge in [-0.15, -0.1) is 0 Å². The van der Waals surface area contributed by atoms with Crippen molar-refractivity contribution in [2.24, 2.45) is 5.73 Å². The van der Waals surface area contributed by atoms with Gasteiger partial charge in [-0.25, -0.2) is 4.98 Å². The summed E-state index contributed by atoms with van der Waals surface area (Å²) in [7, 11) is 1.64. The van der Waals surface area contributed by atoms with Crippen molar-refractivity contribution in [3.63, 3.8) is 0 Å². The van der Waals surface area contributed by atoms with Crippen LogP contribution in [-0.4, -0.2) is 21.9 Å². The van der Waals surface area contributed by atoms with Gasteiger partial charge in [0.25, 0.3) is 0 Å². The molecule has 0 radical (unpaired) electrons. The van der Waals surface area contributed by atoms with Crippen molar-refractivity contribution in [2.75, 3.05) is 7.11 Å². The maximum atomic E-state index is 6.05. The first-order chi connectivity index (χ1) is 7.79. The molecule has 16 heavy (non-hydrogen) atoms. The van der Waals surface area contributed by atoms with Crippen LogP contribution in [0.3, 0.4) is 0 Å². The van der Waals surface area contributed by atoms with E-state index in [9.17, 15) is 0 Å². The SMILES string of the molecule is COc1ccc(C(N)Cn2cncn2)cc1. The number of nitrogens with zero attached hydrogens (tertiary/aromatic N) is 3. The predicted molar refractivity (Wildman–Crippen MR) is 59.9 cm³/mol. The van der Waals surface area contributed by atoms with Crippen LogP contribution in [-0.2, 0) is 6.54 Å². The molecule has 2 aromatic rings. The second kappa shape index (κ2) is 4.76. The van der Waals surface area contributed by atoms with E-state index in [1.54, 1.807) is 18.1 Å². The van der Waals surface area contributed by atoms with Gasteiger partial charge in [0.15, 0.2) is 0 Å². The van der Waals surface area contributed by atoms with E-state index in [-0.39, 0.29) is 6.04 Å². The lowest BCUT2D eigenvalue weighted by molar-refractivity contribution is 0.414. The Morgan fingerprint density at radius 1 is 1.38 bits per heavy atom. The lowest BCUT2D eigenvalue weighted by Gasteiger charge is -2.12. The monoisotopic (exact) mass is 218 g/mol. The molecule has 1 atom stereocenters. The third-order valence-electron chi connectivity index (χ3n) is 2.39. The number of methoxy groups -OCH3 is 1. The highest BCUT2D eigenvalue weighted by Crippen LogP contribution is 2.16. The van der Waals surface area contributed by atoms with E-state index in [0.29, 0.717) is 6.54 Å². The highest BCUT2D eigenvalue weighted by Gasteiger charge is 2.07. The van der Waals surface area contributed by atoms with Crippen molar-refractivity contribution < 1.29 is 4.74 Å². The largest absolute Gasteiger partial charge is 0.497 e. The fraction of sp³-hybridized carbons (Fsp3) is 0.273. The van der Waals surface area contributed by atoms with Crippen LogP contribution in [0.1, 0.15) is 11.6 Å². The molecule has 1 aromatic carbocycles. The number of benzene rings is 1. The summed E-state index contributed by atoms with van der Waals surface area (Å²) in [6.07, 6.45) is 3.16. The molecule has 1 heterocycles. The van der Waals surface area contributed by atoms with Gasteiger partial charge in [-0.3, -0.25) is 4.68 Å². The lowest BCUT2D eigenvalue weighted by atomic mass is 10.1. The molecule has 0 fully saturated rings. The van der Waals surface area contributed by atoms with Crippen LogP contribution in [0.4, 0.5) is 0 Å². The van der Waals surface area contributed by atoms with Gasteiger partial charge >= 0.3 is 0 Å². The third-order valence-corrected chi connectivity index (χ3v) is 2.39. The average molecular weight is 218 g/mol. The fourth-order valence-corrected chi connectivity index (χ4v) is 1.49. The molecule has 0 saturated carbocycles. The Kier molecular flexibility index (Phi) is 3.16. The second-order valence-electron chi connectivity index (χ2n) is 3.50. The normalized spacial score (nSPS) is 12.4. The number of hydrogen-bond donors (Lipinski definition) is 1. The molecule has 2 rings (SSSR count). The molecule has 0 spiro atoms. The quantitative estimate of drug-likeness (QED) is 0.831. The molecular weight excluding hydrogens is 204 g/mol. The zero-order valence-corrected chi connectivity index (χ0v) is 9.08. The zero-order chi connectivity index (χ0) is 11.4. The summed E-state index contributed by atoms with van der Waals surface area (Å²) < 4.78 is 6.80.